The Kier molecular flexibility index (Phi) is 3.94. The number of ether oxygens (including phenoxy) is 1. The number of rotatable bonds is 3. The fourth-order valence-electron chi connectivity index (χ4n) is 4.16. The van der Waals surface area contributed by atoms with Crippen molar-refractivity contribution in [2.24, 2.45) is 0 Å². The van der Waals surface area contributed by atoms with Crippen molar-refractivity contribution in [1.29, 1.82) is 0 Å². The molecule has 2 aromatic heterocycles. The standard InChI is InChI=1S/C21H14F3N5O3/c22-8-1-2-10-14(7-8)31-18(15-11-5-9(23)6-12(24)16(11)27-17(10)15)20-28-29-21(32-20)26-13-3-4-25-19(13)30/h1-2,5-7,13,18,27H,3-4H2,(H,25,30)(H,26,29)/t13-,18-/m0/s1. The predicted molar refractivity (Wildman–Crippen MR) is 105 cm³/mol. The SMILES string of the molecule is O=C1NCC[C@@H]1Nc1nnc([C@H]2Oc3cc(F)ccc3-c3[nH]c4c(F)cc(F)cc4c32)o1. The van der Waals surface area contributed by atoms with Crippen molar-refractivity contribution in [3.8, 4) is 17.0 Å². The molecule has 0 bridgehead atoms. The average Bonchev–Trinajstić information content (AvgIpc) is 3.47. The molecule has 2 aromatic carbocycles. The van der Waals surface area contributed by atoms with Crippen LogP contribution in [0.5, 0.6) is 5.75 Å². The van der Waals surface area contributed by atoms with Crippen LogP contribution in [0.3, 0.4) is 0 Å². The van der Waals surface area contributed by atoms with Gasteiger partial charge in [-0.1, -0.05) is 5.10 Å². The van der Waals surface area contributed by atoms with E-state index >= 15 is 0 Å². The number of hydrogen-bond donors (Lipinski definition) is 3. The number of aromatic nitrogens is 3. The van der Waals surface area contributed by atoms with Crippen molar-refractivity contribution in [2.45, 2.75) is 18.6 Å². The highest BCUT2D eigenvalue weighted by atomic mass is 19.1. The molecular formula is C21H14F3N5O3. The number of carbonyl (C=O) groups excluding carboxylic acids is 1. The van der Waals surface area contributed by atoms with Crippen LogP contribution in [0.4, 0.5) is 19.2 Å². The quantitative estimate of drug-likeness (QED) is 0.450. The average molecular weight is 441 g/mol. The third kappa shape index (κ3) is 2.81. The van der Waals surface area contributed by atoms with E-state index in [1.807, 2.05) is 0 Å². The number of fused-ring (bicyclic) bond motifs is 5. The van der Waals surface area contributed by atoms with E-state index in [9.17, 15) is 18.0 Å². The van der Waals surface area contributed by atoms with E-state index in [2.05, 4.69) is 25.8 Å². The van der Waals surface area contributed by atoms with E-state index in [0.717, 1.165) is 6.07 Å². The minimum absolute atomic E-state index is 0.00515. The molecule has 0 radical (unpaired) electrons. The van der Waals surface area contributed by atoms with E-state index in [1.54, 1.807) is 0 Å². The lowest BCUT2D eigenvalue weighted by Crippen LogP contribution is -2.29. The van der Waals surface area contributed by atoms with Gasteiger partial charge in [0.25, 0.3) is 5.89 Å². The van der Waals surface area contributed by atoms with Crippen molar-refractivity contribution in [2.75, 3.05) is 11.9 Å². The molecule has 0 spiro atoms. The van der Waals surface area contributed by atoms with Gasteiger partial charge in [-0.05, 0) is 24.6 Å². The van der Waals surface area contributed by atoms with Gasteiger partial charge in [-0.2, -0.15) is 0 Å². The van der Waals surface area contributed by atoms with Crippen LogP contribution in [0.15, 0.2) is 34.7 Å². The Labute approximate surface area is 177 Å². The highest BCUT2D eigenvalue weighted by Gasteiger charge is 2.36. The van der Waals surface area contributed by atoms with Crippen molar-refractivity contribution < 1.29 is 27.1 Å². The van der Waals surface area contributed by atoms with Gasteiger partial charge >= 0.3 is 6.01 Å². The first-order valence-electron chi connectivity index (χ1n) is 9.83. The number of nitrogens with one attached hydrogen (secondary N) is 3. The van der Waals surface area contributed by atoms with Crippen LogP contribution >= 0.6 is 0 Å². The fourth-order valence-corrected chi connectivity index (χ4v) is 4.16. The number of hydrogen-bond acceptors (Lipinski definition) is 6. The number of H-pyrrole nitrogens is 1. The van der Waals surface area contributed by atoms with Crippen LogP contribution in [-0.4, -0.2) is 33.7 Å². The molecular weight excluding hydrogens is 427 g/mol. The van der Waals surface area contributed by atoms with Crippen molar-refractivity contribution in [3.63, 3.8) is 0 Å². The summed E-state index contributed by atoms with van der Waals surface area (Å²) < 4.78 is 54.1. The predicted octanol–water partition coefficient (Wildman–Crippen LogP) is 3.42. The number of amides is 1. The smallest absolute Gasteiger partial charge is 0.316 e. The van der Waals surface area contributed by atoms with Gasteiger partial charge in [-0.3, -0.25) is 4.79 Å². The van der Waals surface area contributed by atoms with Gasteiger partial charge in [0.1, 0.15) is 29.2 Å². The normalized spacial score (nSPS) is 19.4. The summed E-state index contributed by atoms with van der Waals surface area (Å²) in [6, 6.07) is 5.35. The Morgan fingerprint density at radius 2 is 1.97 bits per heavy atom. The molecule has 3 N–H and O–H groups in total. The first kappa shape index (κ1) is 18.7. The fraction of sp³-hybridized carbons (Fsp3) is 0.190. The Bertz CT molecular complexity index is 1400. The molecule has 4 heterocycles. The molecule has 162 valence electrons. The molecule has 8 nitrogen and oxygen atoms in total. The number of halogens is 3. The molecule has 11 heteroatoms. The maximum Gasteiger partial charge on any atom is 0.316 e. The van der Waals surface area contributed by atoms with Crippen molar-refractivity contribution in [3.05, 3.63) is 59.2 Å². The Morgan fingerprint density at radius 3 is 2.78 bits per heavy atom. The van der Waals surface area contributed by atoms with Crippen LogP contribution in [0.1, 0.15) is 24.0 Å². The summed E-state index contributed by atoms with van der Waals surface area (Å²) in [6.45, 7) is 0.529. The maximum absolute atomic E-state index is 14.5. The van der Waals surface area contributed by atoms with Gasteiger partial charge < -0.3 is 24.8 Å². The molecule has 1 saturated heterocycles. The lowest BCUT2D eigenvalue weighted by atomic mass is 9.97. The molecule has 2 atom stereocenters. The Hall–Kier alpha value is -4.02. The monoisotopic (exact) mass is 441 g/mol. The Balaban J connectivity index is 1.49. The van der Waals surface area contributed by atoms with Crippen LogP contribution in [-0.2, 0) is 4.79 Å². The lowest BCUT2D eigenvalue weighted by molar-refractivity contribution is -0.119. The second-order valence-electron chi connectivity index (χ2n) is 7.58. The molecule has 0 aliphatic carbocycles. The number of benzene rings is 2. The third-order valence-electron chi connectivity index (χ3n) is 5.60. The molecule has 32 heavy (non-hydrogen) atoms. The maximum atomic E-state index is 14.5. The topological polar surface area (TPSA) is 105 Å². The molecule has 2 aliphatic heterocycles. The van der Waals surface area contributed by atoms with E-state index in [0.29, 0.717) is 29.8 Å². The van der Waals surface area contributed by atoms with Crippen LogP contribution in [0.2, 0.25) is 0 Å². The molecule has 4 aromatic rings. The minimum Gasteiger partial charge on any atom is -0.475 e. The zero-order chi connectivity index (χ0) is 22.0. The molecule has 6 rings (SSSR count). The molecule has 2 aliphatic rings. The Morgan fingerprint density at radius 1 is 1.09 bits per heavy atom. The van der Waals surface area contributed by atoms with E-state index in [1.165, 1.54) is 24.3 Å². The van der Waals surface area contributed by atoms with Gasteiger partial charge in [-0.15, -0.1) is 5.10 Å². The van der Waals surface area contributed by atoms with Crippen LogP contribution < -0.4 is 15.4 Å². The van der Waals surface area contributed by atoms with Gasteiger partial charge in [0, 0.05) is 35.2 Å². The molecule has 1 fully saturated rings. The summed E-state index contributed by atoms with van der Waals surface area (Å²) in [7, 11) is 0. The highest BCUT2D eigenvalue weighted by Crippen LogP contribution is 2.48. The van der Waals surface area contributed by atoms with Gasteiger partial charge in [0.2, 0.25) is 12.0 Å². The van der Waals surface area contributed by atoms with Gasteiger partial charge in [-0.25, -0.2) is 13.2 Å². The summed E-state index contributed by atoms with van der Waals surface area (Å²) in [5.41, 5.74) is 1.36. The van der Waals surface area contributed by atoms with Gasteiger partial charge in [0.05, 0.1) is 11.2 Å². The summed E-state index contributed by atoms with van der Waals surface area (Å²) in [4.78, 5) is 14.8. The molecule has 1 amide bonds. The van der Waals surface area contributed by atoms with E-state index < -0.39 is 29.6 Å². The summed E-state index contributed by atoms with van der Waals surface area (Å²) >= 11 is 0. The highest BCUT2D eigenvalue weighted by molar-refractivity contribution is 5.94. The largest absolute Gasteiger partial charge is 0.475 e. The third-order valence-corrected chi connectivity index (χ3v) is 5.60. The zero-order valence-electron chi connectivity index (χ0n) is 16.2. The van der Waals surface area contributed by atoms with Gasteiger partial charge in [0.15, 0.2) is 0 Å². The number of carbonyl (C=O) groups is 1. The van der Waals surface area contributed by atoms with Crippen LogP contribution in [0.25, 0.3) is 22.2 Å². The van der Waals surface area contributed by atoms with Crippen molar-refractivity contribution >= 4 is 22.8 Å². The number of anilines is 1. The summed E-state index contributed by atoms with van der Waals surface area (Å²) in [5, 5.41) is 13.7. The summed E-state index contributed by atoms with van der Waals surface area (Å²) in [5.74, 6) is -2.10. The molecule has 0 saturated carbocycles. The summed E-state index contributed by atoms with van der Waals surface area (Å²) in [6.07, 6.45) is -0.511. The zero-order valence-corrected chi connectivity index (χ0v) is 16.2. The number of nitrogens with zero attached hydrogens (tertiary/aromatic N) is 2. The second kappa shape index (κ2) is 6.74. The second-order valence-corrected chi connectivity index (χ2v) is 7.58. The first-order chi connectivity index (χ1) is 15.5. The minimum atomic E-state index is -1.06. The first-order valence-corrected chi connectivity index (χ1v) is 9.83. The number of aromatic amines is 1. The van der Waals surface area contributed by atoms with Crippen molar-refractivity contribution in [1.82, 2.24) is 20.5 Å². The van der Waals surface area contributed by atoms with Crippen LogP contribution in [0, 0.1) is 17.5 Å². The molecule has 0 unspecified atom stereocenters. The lowest BCUT2D eigenvalue weighted by Gasteiger charge is -2.24. The van der Waals surface area contributed by atoms with E-state index in [-0.39, 0.29) is 34.5 Å². The van der Waals surface area contributed by atoms with E-state index in [4.69, 9.17) is 9.15 Å².